The molecule has 0 atom stereocenters. The van der Waals surface area contributed by atoms with Crippen LogP contribution in [0.2, 0.25) is 0 Å². The van der Waals surface area contributed by atoms with Crippen molar-refractivity contribution in [2.24, 2.45) is 0 Å². The fraction of sp³-hybridized carbons (Fsp3) is 0.143. The minimum atomic E-state index is -0.0862. The van der Waals surface area contributed by atoms with Gasteiger partial charge in [0.25, 0.3) is 0 Å². The normalized spacial score (nSPS) is 13.5. The van der Waals surface area contributed by atoms with Crippen LogP contribution in [0, 0.1) is 0 Å². The summed E-state index contributed by atoms with van der Waals surface area (Å²) in [7, 11) is 0. The third-order valence-corrected chi connectivity index (χ3v) is 4.24. The van der Waals surface area contributed by atoms with Crippen molar-refractivity contribution in [3.05, 3.63) is 72.8 Å². The molecule has 0 radical (unpaired) electrons. The van der Waals surface area contributed by atoms with Gasteiger partial charge in [-0.1, -0.05) is 18.2 Å². The Hall–Kier alpha value is -3.74. The van der Waals surface area contributed by atoms with Gasteiger partial charge >= 0.3 is 0 Å². The molecule has 1 aliphatic rings. The molecule has 2 heterocycles. The molecule has 0 saturated heterocycles. The van der Waals surface area contributed by atoms with E-state index < -0.39 is 0 Å². The van der Waals surface area contributed by atoms with Crippen LogP contribution >= 0.6 is 0 Å². The predicted octanol–water partition coefficient (Wildman–Crippen LogP) is 4.07. The van der Waals surface area contributed by atoms with E-state index in [9.17, 15) is 4.79 Å². The summed E-state index contributed by atoms with van der Waals surface area (Å²) in [5.41, 5.74) is 4.42. The molecular weight excluding hydrogens is 354 g/mol. The van der Waals surface area contributed by atoms with Gasteiger partial charge in [-0.25, -0.2) is 9.97 Å². The van der Waals surface area contributed by atoms with Crippen molar-refractivity contribution in [3.63, 3.8) is 0 Å². The Morgan fingerprint density at radius 3 is 2.93 bits per heavy atom. The van der Waals surface area contributed by atoms with Gasteiger partial charge in [0.1, 0.15) is 5.82 Å². The van der Waals surface area contributed by atoms with E-state index in [1.54, 1.807) is 18.6 Å². The van der Waals surface area contributed by atoms with E-state index in [-0.39, 0.29) is 5.91 Å². The number of benzene rings is 1. The molecule has 7 heteroatoms. The second-order valence-corrected chi connectivity index (χ2v) is 6.41. The van der Waals surface area contributed by atoms with Crippen LogP contribution < -0.4 is 10.6 Å². The number of oxazole rings is 1. The maximum Gasteiger partial charge on any atom is 0.221 e. The predicted molar refractivity (Wildman–Crippen MR) is 106 cm³/mol. The highest BCUT2D eigenvalue weighted by Crippen LogP contribution is 2.27. The number of aromatic nitrogens is 3. The fourth-order valence-corrected chi connectivity index (χ4v) is 3.03. The fourth-order valence-electron chi connectivity index (χ4n) is 3.03. The third-order valence-electron chi connectivity index (χ3n) is 4.24. The quantitative estimate of drug-likeness (QED) is 0.700. The highest BCUT2D eigenvalue weighted by atomic mass is 16.3. The zero-order valence-corrected chi connectivity index (χ0v) is 15.3. The van der Waals surface area contributed by atoms with Crippen molar-refractivity contribution in [3.8, 4) is 11.3 Å². The SMILES string of the molecule is CC(=O)NC1=CCCC(c2cncc(Nc3cccc(-c4cnco4)c3)n2)=C1. The Morgan fingerprint density at radius 1 is 1.18 bits per heavy atom. The Labute approximate surface area is 162 Å². The van der Waals surface area contributed by atoms with E-state index >= 15 is 0 Å². The number of nitrogens with one attached hydrogen (secondary N) is 2. The molecule has 28 heavy (non-hydrogen) atoms. The number of allylic oxidation sites excluding steroid dienone is 3. The summed E-state index contributed by atoms with van der Waals surface area (Å²) in [5.74, 6) is 1.26. The number of carbonyl (C=O) groups is 1. The number of rotatable bonds is 5. The van der Waals surface area contributed by atoms with Gasteiger partial charge in [-0.15, -0.1) is 0 Å². The standard InChI is InChI=1S/C21H19N5O2/c1-14(27)24-17-6-2-4-15(8-17)19-10-22-12-21(26-19)25-18-7-3-5-16(9-18)20-11-23-13-28-20/h3,5-13H,2,4H2,1H3,(H,24,27)(H,25,26). The molecule has 140 valence electrons. The molecule has 1 aromatic carbocycles. The number of hydrogen-bond acceptors (Lipinski definition) is 6. The Morgan fingerprint density at radius 2 is 2.11 bits per heavy atom. The third kappa shape index (κ3) is 4.15. The minimum Gasteiger partial charge on any atom is -0.444 e. The molecular formula is C21H19N5O2. The lowest BCUT2D eigenvalue weighted by atomic mass is 10.0. The van der Waals surface area contributed by atoms with Crippen molar-refractivity contribution in [1.82, 2.24) is 20.3 Å². The van der Waals surface area contributed by atoms with Crippen LogP contribution in [0.15, 0.2) is 71.5 Å². The monoisotopic (exact) mass is 373 g/mol. The van der Waals surface area contributed by atoms with Gasteiger partial charge in [0.15, 0.2) is 12.2 Å². The summed E-state index contributed by atoms with van der Waals surface area (Å²) >= 11 is 0. The van der Waals surface area contributed by atoms with E-state index in [1.807, 2.05) is 36.4 Å². The maximum atomic E-state index is 11.3. The number of amides is 1. The molecule has 7 nitrogen and oxygen atoms in total. The second-order valence-electron chi connectivity index (χ2n) is 6.41. The van der Waals surface area contributed by atoms with Crippen LogP contribution in [-0.4, -0.2) is 20.9 Å². The highest BCUT2D eigenvalue weighted by molar-refractivity contribution is 5.77. The second kappa shape index (κ2) is 7.87. The first-order valence-electron chi connectivity index (χ1n) is 8.94. The summed E-state index contributed by atoms with van der Waals surface area (Å²) in [6, 6.07) is 7.81. The highest BCUT2D eigenvalue weighted by Gasteiger charge is 2.11. The molecule has 4 rings (SSSR count). The Bertz CT molecular complexity index is 1050. The zero-order chi connectivity index (χ0) is 19.3. The van der Waals surface area contributed by atoms with E-state index in [1.165, 1.54) is 13.3 Å². The number of carbonyl (C=O) groups excluding carboxylic acids is 1. The molecule has 0 bridgehead atoms. The van der Waals surface area contributed by atoms with Gasteiger partial charge in [-0.05, 0) is 36.6 Å². The summed E-state index contributed by atoms with van der Waals surface area (Å²) in [4.78, 5) is 24.2. The first-order valence-corrected chi connectivity index (χ1v) is 8.94. The largest absolute Gasteiger partial charge is 0.444 e. The number of anilines is 2. The lowest BCUT2D eigenvalue weighted by Gasteiger charge is -2.14. The molecule has 2 aromatic heterocycles. The number of nitrogens with zero attached hydrogens (tertiary/aromatic N) is 3. The van der Waals surface area contributed by atoms with Crippen molar-refractivity contribution in [2.45, 2.75) is 19.8 Å². The Balaban J connectivity index is 1.55. The molecule has 1 amide bonds. The lowest BCUT2D eigenvalue weighted by Crippen LogP contribution is -2.19. The first-order chi connectivity index (χ1) is 13.7. The first kappa shape index (κ1) is 17.7. The lowest BCUT2D eigenvalue weighted by molar-refractivity contribution is -0.118. The Kier molecular flexibility index (Phi) is 4.97. The van der Waals surface area contributed by atoms with Gasteiger partial charge in [-0.2, -0.15) is 0 Å². The van der Waals surface area contributed by atoms with E-state index in [2.05, 4.69) is 25.6 Å². The summed E-state index contributed by atoms with van der Waals surface area (Å²) < 4.78 is 5.35. The van der Waals surface area contributed by atoms with Gasteiger partial charge in [0.05, 0.1) is 24.3 Å². The summed E-state index contributed by atoms with van der Waals surface area (Å²) in [5, 5.41) is 6.11. The van der Waals surface area contributed by atoms with Crippen LogP contribution in [0.4, 0.5) is 11.5 Å². The molecule has 1 aliphatic carbocycles. The molecule has 0 fully saturated rings. The molecule has 0 unspecified atom stereocenters. The van der Waals surface area contributed by atoms with Crippen LogP contribution in [0.3, 0.4) is 0 Å². The van der Waals surface area contributed by atoms with Crippen LogP contribution in [0.1, 0.15) is 25.5 Å². The molecule has 0 aliphatic heterocycles. The van der Waals surface area contributed by atoms with Crippen LogP contribution in [-0.2, 0) is 4.79 Å². The van der Waals surface area contributed by atoms with E-state index in [0.717, 1.165) is 41.1 Å². The van der Waals surface area contributed by atoms with Gasteiger partial charge in [0.2, 0.25) is 5.91 Å². The van der Waals surface area contributed by atoms with Crippen molar-refractivity contribution in [1.29, 1.82) is 0 Å². The molecule has 3 aromatic rings. The summed E-state index contributed by atoms with van der Waals surface area (Å²) in [6.07, 6.45) is 12.2. The average Bonchev–Trinajstić information content (AvgIpc) is 3.23. The van der Waals surface area contributed by atoms with Gasteiger partial charge in [0, 0.05) is 23.9 Å². The smallest absolute Gasteiger partial charge is 0.221 e. The maximum absolute atomic E-state index is 11.3. The van der Waals surface area contributed by atoms with Crippen LogP contribution in [0.25, 0.3) is 16.9 Å². The summed E-state index contributed by atoms with van der Waals surface area (Å²) in [6.45, 7) is 1.50. The van der Waals surface area contributed by atoms with Gasteiger partial charge in [-0.3, -0.25) is 9.78 Å². The van der Waals surface area contributed by atoms with E-state index in [4.69, 9.17) is 4.42 Å². The van der Waals surface area contributed by atoms with Gasteiger partial charge < -0.3 is 15.1 Å². The van der Waals surface area contributed by atoms with E-state index in [0.29, 0.717) is 11.6 Å². The average molecular weight is 373 g/mol. The van der Waals surface area contributed by atoms with Crippen molar-refractivity contribution >= 4 is 23.0 Å². The topological polar surface area (TPSA) is 92.9 Å². The molecule has 0 spiro atoms. The van der Waals surface area contributed by atoms with Crippen molar-refractivity contribution in [2.75, 3.05) is 5.32 Å². The van der Waals surface area contributed by atoms with Crippen LogP contribution in [0.5, 0.6) is 0 Å². The number of hydrogen-bond donors (Lipinski definition) is 2. The van der Waals surface area contributed by atoms with Crippen molar-refractivity contribution < 1.29 is 9.21 Å². The minimum absolute atomic E-state index is 0.0862. The molecule has 2 N–H and O–H groups in total. The molecule has 0 saturated carbocycles. The zero-order valence-electron chi connectivity index (χ0n) is 15.3.